The van der Waals surface area contributed by atoms with Gasteiger partial charge in [-0.15, -0.1) is 0 Å². The largest absolute Gasteiger partial charge is 0.360 e. The molecule has 1 saturated carbocycles. The Bertz CT molecular complexity index is 1240. The topological polar surface area (TPSA) is 102 Å². The van der Waals surface area contributed by atoms with Gasteiger partial charge >= 0.3 is 0 Å². The Morgan fingerprint density at radius 2 is 1.69 bits per heavy atom. The van der Waals surface area contributed by atoms with Crippen LogP contribution in [0.2, 0.25) is 5.15 Å². The van der Waals surface area contributed by atoms with Crippen LogP contribution in [0.5, 0.6) is 0 Å². The fraction of sp³-hybridized carbons (Fsp3) is 0.750. The fourth-order valence-corrected chi connectivity index (χ4v) is 6.87. The maximum atomic E-state index is 6.41. The number of aryl methyl sites for hydroxylation is 1. The molecule has 10 heteroatoms. The quantitative estimate of drug-likeness (QED) is 0.283. The molecular weight excluding hydrogens is 552 g/mol. The Labute approximate surface area is 256 Å². The molecule has 42 heavy (non-hydrogen) atoms. The minimum Gasteiger partial charge on any atom is -0.360 e. The highest BCUT2D eigenvalue weighted by Crippen LogP contribution is 2.48. The Morgan fingerprint density at radius 3 is 2.33 bits per heavy atom. The monoisotopic (exact) mass is 602 g/mol. The lowest BCUT2D eigenvalue weighted by Gasteiger charge is -2.36. The van der Waals surface area contributed by atoms with Gasteiger partial charge in [-0.2, -0.15) is 5.10 Å². The number of aromatic amines is 1. The van der Waals surface area contributed by atoms with Crippen LogP contribution in [-0.4, -0.2) is 68.4 Å². The first-order valence-corrected chi connectivity index (χ1v) is 16.9. The number of ether oxygens (including phenoxy) is 2. The van der Waals surface area contributed by atoms with E-state index in [1.807, 2.05) is 34.6 Å². The first kappa shape index (κ1) is 32.8. The van der Waals surface area contributed by atoms with Crippen molar-refractivity contribution >= 4 is 22.6 Å². The van der Waals surface area contributed by atoms with E-state index in [0.717, 1.165) is 67.0 Å². The molecule has 1 N–H and O–H groups in total. The molecule has 9 nitrogen and oxygen atoms in total. The Balaban J connectivity index is 0.000000260. The summed E-state index contributed by atoms with van der Waals surface area (Å²) >= 11 is 6.41. The van der Waals surface area contributed by atoms with Gasteiger partial charge in [-0.25, -0.2) is 9.97 Å². The molecule has 3 fully saturated rings. The van der Waals surface area contributed by atoms with Crippen molar-refractivity contribution in [3.05, 3.63) is 22.2 Å². The molecule has 4 aliphatic rings. The maximum Gasteiger partial charge on any atom is 0.186 e. The molecule has 0 radical (unpaired) electrons. The van der Waals surface area contributed by atoms with Gasteiger partial charge in [0.1, 0.15) is 10.9 Å². The number of H-pyrrole nitrogens is 1. The maximum absolute atomic E-state index is 6.41. The normalized spacial score (nSPS) is 21.4. The molecule has 2 saturated heterocycles. The van der Waals surface area contributed by atoms with Crippen LogP contribution in [0.25, 0.3) is 22.6 Å². The second-order valence-electron chi connectivity index (χ2n) is 11.1. The molecule has 0 amide bonds. The predicted octanol–water partition coefficient (Wildman–Crippen LogP) is 8.01. The summed E-state index contributed by atoms with van der Waals surface area (Å²) in [5, 5.41) is 12.6. The smallest absolute Gasteiger partial charge is 0.186 e. The Morgan fingerprint density at radius 1 is 0.976 bits per heavy atom. The van der Waals surface area contributed by atoms with Crippen molar-refractivity contribution in [1.82, 2.24) is 30.2 Å². The van der Waals surface area contributed by atoms with Gasteiger partial charge in [0.05, 0.1) is 24.5 Å². The highest BCUT2D eigenvalue weighted by atomic mass is 35.5. The van der Waals surface area contributed by atoms with Gasteiger partial charge in [0.25, 0.3) is 0 Å². The number of hydrogen-bond donors (Lipinski definition) is 1. The van der Waals surface area contributed by atoms with Gasteiger partial charge in [0, 0.05) is 23.7 Å². The lowest BCUT2D eigenvalue weighted by atomic mass is 9.80. The van der Waals surface area contributed by atoms with Crippen LogP contribution in [0.3, 0.4) is 0 Å². The molecule has 0 spiro atoms. The summed E-state index contributed by atoms with van der Waals surface area (Å²) in [6.07, 6.45) is 13.2. The number of rotatable bonds is 6. The molecule has 0 aromatic carbocycles. The molecule has 7 rings (SSSR count). The van der Waals surface area contributed by atoms with Gasteiger partial charge in [0.2, 0.25) is 0 Å². The van der Waals surface area contributed by atoms with E-state index in [0.29, 0.717) is 35.5 Å². The highest BCUT2D eigenvalue weighted by Gasteiger charge is 2.49. The first-order chi connectivity index (χ1) is 20.6. The molecule has 0 bridgehead atoms. The Kier molecular flexibility index (Phi) is 12.2. The van der Waals surface area contributed by atoms with Gasteiger partial charge < -0.3 is 18.9 Å². The zero-order valence-corrected chi connectivity index (χ0v) is 27.4. The van der Waals surface area contributed by atoms with Crippen LogP contribution in [-0.2, 0) is 15.9 Å². The summed E-state index contributed by atoms with van der Waals surface area (Å²) in [7, 11) is 0. The number of nitrogens with zero attached hydrogens (tertiary/aromatic N) is 5. The van der Waals surface area contributed by atoms with E-state index in [2.05, 4.69) is 37.1 Å². The molecule has 3 aromatic heterocycles. The number of fused-ring (bicyclic) bond motifs is 2. The van der Waals surface area contributed by atoms with Crippen LogP contribution in [0.15, 0.2) is 4.52 Å². The van der Waals surface area contributed by atoms with Crippen molar-refractivity contribution in [2.45, 2.75) is 130 Å². The van der Waals surface area contributed by atoms with Crippen molar-refractivity contribution in [3.63, 3.8) is 0 Å². The first-order valence-electron chi connectivity index (χ1n) is 16.5. The molecule has 234 valence electrons. The Hall–Kier alpha value is -2.07. The lowest BCUT2D eigenvalue weighted by Crippen LogP contribution is -2.43. The second kappa shape index (κ2) is 15.6. The van der Waals surface area contributed by atoms with Crippen molar-refractivity contribution in [2.75, 3.05) is 26.3 Å². The zero-order chi connectivity index (χ0) is 30.1. The average molecular weight is 603 g/mol. The zero-order valence-electron chi connectivity index (χ0n) is 26.6. The van der Waals surface area contributed by atoms with E-state index in [-0.39, 0.29) is 5.92 Å². The van der Waals surface area contributed by atoms with Crippen LogP contribution in [0.4, 0.5) is 0 Å². The standard InChI is InChI=1S/C20H24ClN5O3.C8H15N.2C2H6/c1-3-4-8-20(27-9-10-28-20)13-7-5-6-12-15(26-29-16(12)13)19-22-17(21)14-11(2)24-25-18(14)23-19;1-2-5-8(4-1)9-6-3-7-9;2*1-2/h13H,3-10H2,1-2H3,(H,22,23,24,25);8H,1-7H2;2*1-2H3. The van der Waals surface area contributed by atoms with Gasteiger partial charge in [-0.3, -0.25) is 5.10 Å². The van der Waals surface area contributed by atoms with E-state index in [4.69, 9.17) is 25.6 Å². The molecule has 2 aliphatic heterocycles. The number of aromatic nitrogens is 5. The molecule has 1 atom stereocenters. The molecule has 1 unspecified atom stereocenters. The van der Waals surface area contributed by atoms with Crippen LogP contribution >= 0.6 is 11.6 Å². The van der Waals surface area contributed by atoms with Crippen molar-refractivity contribution in [3.8, 4) is 11.5 Å². The molecule has 5 heterocycles. The van der Waals surface area contributed by atoms with E-state index >= 15 is 0 Å². The van der Waals surface area contributed by atoms with Crippen LogP contribution < -0.4 is 0 Å². The predicted molar refractivity (Wildman–Crippen MR) is 168 cm³/mol. The van der Waals surface area contributed by atoms with Crippen LogP contribution in [0, 0.1) is 6.92 Å². The van der Waals surface area contributed by atoms with Crippen molar-refractivity contribution in [2.24, 2.45) is 0 Å². The van der Waals surface area contributed by atoms with E-state index in [1.165, 1.54) is 45.2 Å². The van der Waals surface area contributed by atoms with Gasteiger partial charge in [-0.05, 0) is 65.0 Å². The number of nitrogens with one attached hydrogen (secondary N) is 1. The number of likely N-dealkylation sites (tertiary alicyclic amines) is 1. The molecule has 3 aromatic rings. The lowest BCUT2D eigenvalue weighted by molar-refractivity contribution is -0.186. The third-order valence-corrected chi connectivity index (χ3v) is 9.01. The number of unbranched alkanes of at least 4 members (excludes halogenated alkanes) is 1. The fourth-order valence-electron chi connectivity index (χ4n) is 6.56. The summed E-state index contributed by atoms with van der Waals surface area (Å²) in [6.45, 7) is 16.1. The minimum atomic E-state index is -0.621. The highest BCUT2D eigenvalue weighted by molar-refractivity contribution is 6.34. The van der Waals surface area contributed by atoms with Gasteiger partial charge in [0.15, 0.2) is 23.0 Å². The summed E-state index contributed by atoms with van der Waals surface area (Å²) in [5.41, 5.74) is 3.03. The van der Waals surface area contributed by atoms with Gasteiger partial charge in [-0.1, -0.05) is 70.6 Å². The number of halogens is 1. The van der Waals surface area contributed by atoms with Crippen LogP contribution in [0.1, 0.15) is 122 Å². The summed E-state index contributed by atoms with van der Waals surface area (Å²) in [4.78, 5) is 11.7. The second-order valence-corrected chi connectivity index (χ2v) is 11.5. The molecule has 2 aliphatic carbocycles. The summed E-state index contributed by atoms with van der Waals surface area (Å²) < 4.78 is 18.2. The third-order valence-electron chi connectivity index (χ3n) is 8.73. The molecular formula is C32H51ClN6O3. The SMILES string of the molecule is C1CCC(N2CCC2)C1.CC.CC.CCCCC1(C2CCCc3c(-c4nc(Cl)c5c(C)[nH]nc5n4)noc32)OCCO1. The van der Waals surface area contributed by atoms with Crippen molar-refractivity contribution < 1.29 is 14.0 Å². The summed E-state index contributed by atoms with van der Waals surface area (Å²) in [6, 6.07) is 0.999. The van der Waals surface area contributed by atoms with E-state index in [9.17, 15) is 0 Å². The third kappa shape index (κ3) is 6.85. The average Bonchev–Trinajstić information content (AvgIpc) is 3.81. The summed E-state index contributed by atoms with van der Waals surface area (Å²) in [5.74, 6) is 0.676. The minimum absolute atomic E-state index is 0.0216. The van der Waals surface area contributed by atoms with E-state index < -0.39 is 5.79 Å². The van der Waals surface area contributed by atoms with Crippen molar-refractivity contribution in [1.29, 1.82) is 0 Å². The number of hydrogen-bond acceptors (Lipinski definition) is 8. The van der Waals surface area contributed by atoms with E-state index in [1.54, 1.807) is 0 Å².